The molecule has 0 amide bonds. The molecule has 1 aromatic carbocycles. The smallest absolute Gasteiger partial charge is 0.242 e. The predicted molar refractivity (Wildman–Crippen MR) is 77.1 cm³/mol. The summed E-state index contributed by atoms with van der Waals surface area (Å²) < 4.78 is 26.9. The largest absolute Gasteiger partial charge is 0.392 e. The fourth-order valence-electron chi connectivity index (χ4n) is 1.75. The Labute approximate surface area is 123 Å². The zero-order chi connectivity index (χ0) is 14.6. The van der Waals surface area contributed by atoms with Crippen LogP contribution in [-0.2, 0) is 16.6 Å². The number of rotatable bonds is 6. The summed E-state index contributed by atoms with van der Waals surface area (Å²) in [7, 11) is -3.71. The molecule has 0 bridgehead atoms. The molecule has 0 aliphatic carbocycles. The van der Waals surface area contributed by atoms with E-state index < -0.39 is 16.6 Å². The molecule has 0 aliphatic rings. The number of halogens is 2. The molecule has 7 heteroatoms. The molecule has 0 heterocycles. The second-order valence-electron chi connectivity index (χ2n) is 4.31. The third-order valence-electron chi connectivity index (χ3n) is 2.68. The Balaban J connectivity index is 3.15. The molecule has 0 radical (unpaired) electrons. The van der Waals surface area contributed by atoms with Crippen molar-refractivity contribution in [3.63, 3.8) is 0 Å². The van der Waals surface area contributed by atoms with Crippen molar-refractivity contribution in [3.05, 3.63) is 27.7 Å². The van der Waals surface area contributed by atoms with E-state index in [2.05, 4.69) is 4.72 Å². The predicted octanol–water partition coefficient (Wildman–Crippen LogP) is 2.95. The van der Waals surface area contributed by atoms with Crippen LogP contribution in [0.25, 0.3) is 0 Å². The maximum Gasteiger partial charge on any atom is 0.242 e. The van der Waals surface area contributed by atoms with Crippen LogP contribution in [0.3, 0.4) is 0 Å². The highest BCUT2D eigenvalue weighted by Crippen LogP contribution is 2.31. The van der Waals surface area contributed by atoms with E-state index in [0.29, 0.717) is 0 Å². The van der Waals surface area contributed by atoms with Gasteiger partial charge in [-0.2, -0.15) is 0 Å². The summed E-state index contributed by atoms with van der Waals surface area (Å²) in [6.45, 7) is 3.35. The number of sulfonamides is 1. The van der Waals surface area contributed by atoms with Gasteiger partial charge in [0.2, 0.25) is 10.0 Å². The Bertz CT molecular complexity index is 546. The Hall–Kier alpha value is -0.330. The van der Waals surface area contributed by atoms with Crippen molar-refractivity contribution in [2.24, 2.45) is 0 Å². The van der Waals surface area contributed by atoms with E-state index in [1.54, 1.807) is 6.92 Å². The zero-order valence-corrected chi connectivity index (χ0v) is 13.1. The molecule has 1 unspecified atom stereocenters. The average molecular weight is 326 g/mol. The first-order valence-corrected chi connectivity index (χ1v) is 8.17. The van der Waals surface area contributed by atoms with Crippen LogP contribution in [0.2, 0.25) is 10.0 Å². The number of aliphatic hydroxyl groups is 1. The van der Waals surface area contributed by atoms with Crippen molar-refractivity contribution >= 4 is 33.2 Å². The maximum atomic E-state index is 12.2. The number of aliphatic hydroxyl groups excluding tert-OH is 1. The molecule has 0 aromatic heterocycles. The van der Waals surface area contributed by atoms with E-state index in [4.69, 9.17) is 23.2 Å². The van der Waals surface area contributed by atoms with E-state index in [1.807, 2.05) is 6.92 Å². The first kappa shape index (κ1) is 16.7. The highest BCUT2D eigenvalue weighted by atomic mass is 35.5. The quantitative estimate of drug-likeness (QED) is 0.845. The highest BCUT2D eigenvalue weighted by molar-refractivity contribution is 7.89. The summed E-state index contributed by atoms with van der Waals surface area (Å²) in [4.78, 5) is -0.0643. The summed E-state index contributed by atoms with van der Waals surface area (Å²) in [5.74, 6) is 0. The minimum Gasteiger partial charge on any atom is -0.392 e. The summed E-state index contributed by atoms with van der Waals surface area (Å²) in [6, 6.07) is 2.57. The molecular weight excluding hydrogens is 309 g/mol. The van der Waals surface area contributed by atoms with E-state index >= 15 is 0 Å². The monoisotopic (exact) mass is 325 g/mol. The fraction of sp³-hybridized carbons (Fsp3) is 0.500. The van der Waals surface area contributed by atoms with E-state index in [0.717, 1.165) is 12.8 Å². The Morgan fingerprint density at radius 3 is 2.53 bits per heavy atom. The molecular formula is C12H17Cl2NO3S. The highest BCUT2D eigenvalue weighted by Gasteiger charge is 2.22. The standard InChI is InChI=1S/C12H17Cl2NO3S/c1-3-4-8(2)15-19(17,18)11-6-5-10(13)9(7-16)12(11)14/h5-6,8,15-16H,3-4,7H2,1-2H3. The molecule has 108 valence electrons. The normalized spacial score (nSPS) is 13.5. The van der Waals surface area contributed by atoms with Gasteiger partial charge in [0.25, 0.3) is 0 Å². The third-order valence-corrected chi connectivity index (χ3v) is 5.21. The van der Waals surface area contributed by atoms with Crippen LogP contribution in [0.5, 0.6) is 0 Å². The number of benzene rings is 1. The van der Waals surface area contributed by atoms with E-state index in [-0.39, 0.29) is 26.5 Å². The van der Waals surface area contributed by atoms with Gasteiger partial charge in [-0.1, -0.05) is 36.5 Å². The number of nitrogens with one attached hydrogen (secondary N) is 1. The number of hydrogen-bond acceptors (Lipinski definition) is 3. The van der Waals surface area contributed by atoms with Gasteiger partial charge in [0.1, 0.15) is 4.90 Å². The Morgan fingerprint density at radius 1 is 1.37 bits per heavy atom. The van der Waals surface area contributed by atoms with Crippen LogP contribution >= 0.6 is 23.2 Å². The molecule has 0 saturated heterocycles. The first-order chi connectivity index (χ1) is 8.83. The van der Waals surface area contributed by atoms with E-state index in [9.17, 15) is 13.5 Å². The lowest BCUT2D eigenvalue weighted by Gasteiger charge is -2.15. The van der Waals surface area contributed by atoms with Crippen molar-refractivity contribution < 1.29 is 13.5 Å². The average Bonchev–Trinajstić information content (AvgIpc) is 2.28. The summed E-state index contributed by atoms with van der Waals surface area (Å²) in [6.07, 6.45) is 1.61. The molecule has 1 rings (SSSR count). The molecule has 19 heavy (non-hydrogen) atoms. The molecule has 0 fully saturated rings. The summed E-state index contributed by atoms with van der Waals surface area (Å²) in [5.41, 5.74) is 0.217. The van der Waals surface area contributed by atoms with Gasteiger partial charge in [-0.05, 0) is 25.5 Å². The van der Waals surface area contributed by atoms with Gasteiger partial charge in [-0.3, -0.25) is 0 Å². The topological polar surface area (TPSA) is 66.4 Å². The van der Waals surface area contributed by atoms with Crippen LogP contribution in [0.1, 0.15) is 32.3 Å². The van der Waals surface area contributed by atoms with Crippen LogP contribution < -0.4 is 4.72 Å². The number of hydrogen-bond donors (Lipinski definition) is 2. The van der Waals surface area contributed by atoms with Crippen molar-refractivity contribution in [1.29, 1.82) is 0 Å². The van der Waals surface area contributed by atoms with Crippen molar-refractivity contribution in [3.8, 4) is 0 Å². The lowest BCUT2D eigenvalue weighted by Crippen LogP contribution is -2.32. The molecule has 0 spiro atoms. The van der Waals surface area contributed by atoms with Crippen molar-refractivity contribution in [1.82, 2.24) is 4.72 Å². The minimum absolute atomic E-state index is 0.0359. The van der Waals surface area contributed by atoms with Gasteiger partial charge in [0.05, 0.1) is 11.6 Å². The van der Waals surface area contributed by atoms with Crippen LogP contribution in [0, 0.1) is 0 Å². The van der Waals surface area contributed by atoms with E-state index in [1.165, 1.54) is 12.1 Å². The summed E-state index contributed by atoms with van der Waals surface area (Å²) in [5, 5.41) is 9.38. The Morgan fingerprint density at radius 2 is 2.00 bits per heavy atom. The van der Waals surface area contributed by atoms with Crippen molar-refractivity contribution in [2.75, 3.05) is 0 Å². The van der Waals surface area contributed by atoms with Crippen molar-refractivity contribution in [2.45, 2.75) is 44.2 Å². The van der Waals surface area contributed by atoms with Gasteiger partial charge in [0, 0.05) is 16.6 Å². The first-order valence-electron chi connectivity index (χ1n) is 5.93. The zero-order valence-electron chi connectivity index (χ0n) is 10.8. The molecule has 0 aliphatic heterocycles. The second kappa shape index (κ2) is 6.90. The summed E-state index contributed by atoms with van der Waals surface area (Å²) >= 11 is 11.8. The molecule has 1 atom stereocenters. The van der Waals surface area contributed by atoms with Crippen LogP contribution in [0.15, 0.2) is 17.0 Å². The van der Waals surface area contributed by atoms with Crippen LogP contribution in [-0.4, -0.2) is 19.6 Å². The van der Waals surface area contributed by atoms with Gasteiger partial charge >= 0.3 is 0 Å². The molecule has 1 aromatic rings. The van der Waals surface area contributed by atoms with Gasteiger partial charge in [-0.15, -0.1) is 0 Å². The molecule has 0 saturated carbocycles. The third kappa shape index (κ3) is 4.07. The van der Waals surface area contributed by atoms with Gasteiger partial charge in [-0.25, -0.2) is 13.1 Å². The second-order valence-corrected chi connectivity index (χ2v) is 6.77. The SMILES string of the molecule is CCCC(C)NS(=O)(=O)c1ccc(Cl)c(CO)c1Cl. The fourth-order valence-corrected chi connectivity index (χ4v) is 3.92. The lowest BCUT2D eigenvalue weighted by atomic mass is 10.2. The molecule has 2 N–H and O–H groups in total. The molecule has 4 nitrogen and oxygen atoms in total. The Kier molecular flexibility index (Phi) is 6.08. The minimum atomic E-state index is -3.71. The van der Waals surface area contributed by atoms with Gasteiger partial charge < -0.3 is 5.11 Å². The van der Waals surface area contributed by atoms with Gasteiger partial charge in [0.15, 0.2) is 0 Å². The lowest BCUT2D eigenvalue weighted by molar-refractivity contribution is 0.281. The maximum absolute atomic E-state index is 12.2. The van der Waals surface area contributed by atoms with Crippen LogP contribution in [0.4, 0.5) is 0 Å².